The molecule has 4 amide bonds. The van der Waals surface area contributed by atoms with E-state index in [9.17, 15) is 29.4 Å². The van der Waals surface area contributed by atoms with Crippen molar-refractivity contribution in [3.05, 3.63) is 65.7 Å². The highest BCUT2D eigenvalue weighted by Gasteiger charge is 2.31. The number of amides is 4. The highest BCUT2D eigenvalue weighted by Crippen LogP contribution is 2.13. The number of phenols is 1. The molecule has 2 aromatic carbocycles. The molecule has 0 aliphatic rings. The molecule has 234 valence electrons. The minimum Gasteiger partial charge on any atom is -0.508 e. The van der Waals surface area contributed by atoms with Crippen molar-refractivity contribution in [1.29, 1.82) is 0 Å². The zero-order valence-corrected chi connectivity index (χ0v) is 24.5. The maximum atomic E-state index is 13.6. The summed E-state index contributed by atoms with van der Waals surface area (Å²) in [5, 5.41) is 28.1. The lowest BCUT2D eigenvalue weighted by atomic mass is 9.97. The predicted octanol–water partition coefficient (Wildman–Crippen LogP) is -0.422. The quantitative estimate of drug-likeness (QED) is 0.0675. The lowest BCUT2D eigenvalue weighted by Gasteiger charge is -2.27. The van der Waals surface area contributed by atoms with Gasteiger partial charge in [0.1, 0.15) is 30.0 Å². The van der Waals surface area contributed by atoms with E-state index < -0.39 is 47.9 Å². The van der Waals surface area contributed by atoms with Gasteiger partial charge in [0.2, 0.25) is 23.6 Å². The molecule has 2 rings (SSSR count). The third-order valence-corrected chi connectivity index (χ3v) is 6.98. The van der Waals surface area contributed by atoms with Gasteiger partial charge in [-0.3, -0.25) is 24.2 Å². The maximum absolute atomic E-state index is 13.6. The zero-order chi connectivity index (χ0) is 31.9. The number of hydrogen-bond acceptors (Lipinski definition) is 7. The minimum absolute atomic E-state index is 0.00493. The molecule has 0 fully saturated rings. The number of rotatable bonds is 17. The van der Waals surface area contributed by atoms with Crippen LogP contribution < -0.4 is 33.2 Å². The Morgan fingerprint density at radius 2 is 1.40 bits per heavy atom. The second kappa shape index (κ2) is 17.3. The number of benzene rings is 2. The van der Waals surface area contributed by atoms with Crippen molar-refractivity contribution in [3.8, 4) is 5.75 Å². The van der Waals surface area contributed by atoms with Gasteiger partial charge >= 0.3 is 0 Å². The van der Waals surface area contributed by atoms with Gasteiger partial charge in [-0.2, -0.15) is 0 Å². The number of aromatic hydroxyl groups is 1. The number of hydrogen-bond donors (Lipinski definition) is 8. The number of primary amides is 1. The fourth-order valence-corrected chi connectivity index (χ4v) is 4.30. The highest BCUT2D eigenvalue weighted by atomic mass is 16.3. The first-order chi connectivity index (χ1) is 20.4. The van der Waals surface area contributed by atoms with Gasteiger partial charge in [0, 0.05) is 19.4 Å². The molecule has 0 unspecified atom stereocenters. The first kappa shape index (κ1) is 34.6. The molecule has 0 aliphatic carbocycles. The Bertz CT molecular complexity index is 1240. The second-order valence-electron chi connectivity index (χ2n) is 10.4. The van der Waals surface area contributed by atoms with Crippen molar-refractivity contribution in [1.82, 2.24) is 16.0 Å². The first-order valence-electron chi connectivity index (χ1n) is 14.2. The largest absolute Gasteiger partial charge is 0.508 e. The van der Waals surface area contributed by atoms with Crippen LogP contribution in [0.15, 0.2) is 59.6 Å². The van der Waals surface area contributed by atoms with E-state index in [2.05, 4.69) is 20.9 Å². The van der Waals surface area contributed by atoms with E-state index in [1.807, 2.05) is 13.0 Å². The normalized spacial score (nSPS) is 14.3. The highest BCUT2D eigenvalue weighted by molar-refractivity contribution is 5.94. The van der Waals surface area contributed by atoms with Crippen LogP contribution in [0, 0.1) is 5.92 Å². The van der Waals surface area contributed by atoms with E-state index in [0.29, 0.717) is 18.4 Å². The summed E-state index contributed by atoms with van der Waals surface area (Å²) in [6.45, 7) is 3.81. The number of nitrogens with one attached hydrogen (secondary N) is 3. The lowest BCUT2D eigenvalue weighted by molar-refractivity contribution is -0.135. The summed E-state index contributed by atoms with van der Waals surface area (Å²) in [5.74, 6) is -3.18. The Morgan fingerprint density at radius 1 is 0.814 bits per heavy atom. The molecular formula is C30H43N7O6. The molecule has 0 aromatic heterocycles. The van der Waals surface area contributed by atoms with Crippen LogP contribution in [0.2, 0.25) is 0 Å². The summed E-state index contributed by atoms with van der Waals surface area (Å²) >= 11 is 0. The number of phenolic OH excluding ortho intramolecular Hbond substituents is 1. The molecule has 0 saturated heterocycles. The van der Waals surface area contributed by atoms with Gasteiger partial charge in [0.15, 0.2) is 5.96 Å². The molecule has 0 aliphatic heterocycles. The van der Waals surface area contributed by atoms with Gasteiger partial charge in [-0.1, -0.05) is 62.7 Å². The van der Waals surface area contributed by atoms with Crippen molar-refractivity contribution >= 4 is 29.6 Å². The van der Waals surface area contributed by atoms with Crippen LogP contribution in [0.25, 0.3) is 0 Å². The van der Waals surface area contributed by atoms with Crippen LogP contribution in [-0.2, 0) is 32.0 Å². The Hall–Kier alpha value is -4.65. The first-order valence-corrected chi connectivity index (χ1v) is 14.2. The molecule has 0 bridgehead atoms. The van der Waals surface area contributed by atoms with Gasteiger partial charge < -0.3 is 43.4 Å². The van der Waals surface area contributed by atoms with Crippen molar-refractivity contribution < 1.29 is 29.4 Å². The molecule has 0 heterocycles. The van der Waals surface area contributed by atoms with Crippen molar-refractivity contribution in [3.63, 3.8) is 0 Å². The van der Waals surface area contributed by atoms with Crippen molar-refractivity contribution in [2.24, 2.45) is 28.1 Å². The summed E-state index contributed by atoms with van der Waals surface area (Å²) in [5.41, 5.74) is 17.6. The number of nitrogens with two attached hydrogens (primary N) is 3. The molecular weight excluding hydrogens is 554 g/mol. The van der Waals surface area contributed by atoms with Gasteiger partial charge in [-0.05, 0) is 42.0 Å². The Morgan fingerprint density at radius 3 is 1.98 bits per heavy atom. The summed E-state index contributed by atoms with van der Waals surface area (Å²) < 4.78 is 0. The molecule has 0 radical (unpaired) electrons. The molecule has 11 N–H and O–H groups in total. The van der Waals surface area contributed by atoms with E-state index in [0.717, 1.165) is 5.56 Å². The third-order valence-electron chi connectivity index (χ3n) is 6.98. The van der Waals surface area contributed by atoms with Crippen molar-refractivity contribution in [2.75, 3.05) is 6.54 Å². The Kier molecular flexibility index (Phi) is 13.9. The number of guanidine groups is 1. The van der Waals surface area contributed by atoms with Crippen LogP contribution in [-0.4, -0.2) is 70.6 Å². The SMILES string of the molecule is CC[C@H](C)[C@H](NC(=O)[C@H](CCCN=C(N)N)NC(=O)[C@H](Cc1ccc(O)cc1)NC(=O)[C@@H](O)Cc1ccccc1)C(N)=O. The van der Waals surface area contributed by atoms with Crippen LogP contribution in [0.5, 0.6) is 5.75 Å². The van der Waals surface area contributed by atoms with Gasteiger partial charge in [-0.25, -0.2) is 0 Å². The monoisotopic (exact) mass is 597 g/mol. The summed E-state index contributed by atoms with van der Waals surface area (Å²) in [6, 6.07) is 11.7. The van der Waals surface area contributed by atoms with Gasteiger partial charge in [0.05, 0.1) is 0 Å². The standard InChI is InChI=1S/C30H43N7O6/c1-3-18(2)25(26(31)40)37-27(41)22(10-7-15-34-30(32)33)35-28(42)23(16-20-11-13-21(38)14-12-20)36-29(43)24(39)17-19-8-5-4-6-9-19/h4-6,8-9,11-14,18,22-25,38-39H,3,7,10,15-17H2,1-2H3,(H2,31,40)(H,35,42)(H,36,43)(H,37,41)(H4,32,33,34)/t18-,22-,23-,24-,25-/m0/s1. The number of aliphatic hydroxyl groups excluding tert-OH is 1. The topological polar surface area (TPSA) is 235 Å². The van der Waals surface area contributed by atoms with Crippen LogP contribution in [0.1, 0.15) is 44.2 Å². The summed E-state index contributed by atoms with van der Waals surface area (Å²) in [7, 11) is 0. The molecule has 5 atom stereocenters. The Balaban J connectivity index is 2.28. The number of aliphatic imine (C=N–C) groups is 1. The summed E-state index contributed by atoms with van der Waals surface area (Å²) in [4.78, 5) is 55.9. The van der Waals surface area contributed by atoms with E-state index in [-0.39, 0.29) is 43.4 Å². The van der Waals surface area contributed by atoms with Crippen LogP contribution in [0.4, 0.5) is 0 Å². The molecule has 2 aromatic rings. The minimum atomic E-state index is -1.44. The second-order valence-corrected chi connectivity index (χ2v) is 10.4. The average Bonchev–Trinajstić information content (AvgIpc) is 2.97. The van der Waals surface area contributed by atoms with Gasteiger partial charge in [0.25, 0.3) is 0 Å². The average molecular weight is 598 g/mol. The fraction of sp³-hybridized carbons (Fsp3) is 0.433. The predicted molar refractivity (Wildman–Crippen MR) is 162 cm³/mol. The molecule has 0 spiro atoms. The zero-order valence-electron chi connectivity index (χ0n) is 24.5. The van der Waals surface area contributed by atoms with E-state index in [1.165, 1.54) is 12.1 Å². The van der Waals surface area contributed by atoms with Gasteiger partial charge in [-0.15, -0.1) is 0 Å². The number of aliphatic hydroxyl groups is 1. The maximum Gasteiger partial charge on any atom is 0.249 e. The third kappa shape index (κ3) is 12.0. The van der Waals surface area contributed by atoms with Crippen LogP contribution >= 0.6 is 0 Å². The molecule has 13 nitrogen and oxygen atoms in total. The number of carbonyl (C=O) groups excluding carboxylic acids is 4. The number of carbonyl (C=O) groups is 4. The van der Waals surface area contributed by atoms with E-state index in [1.54, 1.807) is 43.3 Å². The fourth-order valence-electron chi connectivity index (χ4n) is 4.30. The Labute approximate surface area is 251 Å². The molecule has 13 heteroatoms. The van der Waals surface area contributed by atoms with Crippen LogP contribution in [0.3, 0.4) is 0 Å². The lowest BCUT2D eigenvalue weighted by Crippen LogP contribution is -2.58. The van der Waals surface area contributed by atoms with E-state index >= 15 is 0 Å². The smallest absolute Gasteiger partial charge is 0.249 e. The molecule has 43 heavy (non-hydrogen) atoms. The summed E-state index contributed by atoms with van der Waals surface area (Å²) in [6.07, 6.45) is -0.429. The van der Waals surface area contributed by atoms with E-state index in [4.69, 9.17) is 17.2 Å². The number of nitrogens with zero attached hydrogens (tertiary/aromatic N) is 1. The molecule has 0 saturated carbocycles. The van der Waals surface area contributed by atoms with Crippen molar-refractivity contribution in [2.45, 2.75) is 70.2 Å².